The van der Waals surface area contributed by atoms with Gasteiger partial charge in [-0.25, -0.2) is 8.42 Å². The van der Waals surface area contributed by atoms with E-state index >= 15 is 0 Å². The number of benzene rings is 1. The van der Waals surface area contributed by atoms with Gasteiger partial charge in [-0.1, -0.05) is 29.8 Å². The molecule has 1 aromatic rings. The van der Waals surface area contributed by atoms with Crippen molar-refractivity contribution in [3.8, 4) is 0 Å². The number of thioether (sulfide) groups is 1. The van der Waals surface area contributed by atoms with Crippen LogP contribution >= 0.6 is 11.8 Å². The maximum atomic E-state index is 12.1. The van der Waals surface area contributed by atoms with Gasteiger partial charge in [0.15, 0.2) is 5.84 Å². The largest absolute Gasteiger partial charge is 0.283 e. The maximum absolute atomic E-state index is 12.1. The molecule has 1 amide bonds. The zero-order valence-corrected chi connectivity index (χ0v) is 13.9. The fraction of sp³-hybridized carbons (Fsp3) is 0.143. The van der Waals surface area contributed by atoms with Crippen molar-refractivity contribution in [2.24, 2.45) is 10.1 Å². The van der Waals surface area contributed by atoms with Crippen LogP contribution in [0.25, 0.3) is 6.08 Å². The normalized spacial score (nSPS) is 19.7. The Balaban J connectivity index is 2.01. The molecule has 7 nitrogen and oxygen atoms in total. The summed E-state index contributed by atoms with van der Waals surface area (Å²) < 4.78 is 23.0. The first-order valence-electron chi connectivity index (χ1n) is 6.52. The molecule has 0 saturated carbocycles. The van der Waals surface area contributed by atoms with Gasteiger partial charge in [0, 0.05) is 6.26 Å². The molecule has 0 unspecified atom stereocenters. The number of sulfone groups is 1. The molecule has 0 fully saturated rings. The average Bonchev–Trinajstić information content (AvgIpc) is 2.89. The molecular weight excluding hydrogens is 336 g/mol. The second-order valence-electron chi connectivity index (χ2n) is 5.07. The van der Waals surface area contributed by atoms with E-state index in [9.17, 15) is 13.2 Å². The van der Waals surface area contributed by atoms with Crippen molar-refractivity contribution in [3.05, 3.63) is 41.0 Å². The summed E-state index contributed by atoms with van der Waals surface area (Å²) in [5.41, 5.74) is 1.90. The first kappa shape index (κ1) is 15.6. The number of hydrogen-bond donors (Lipinski definition) is 1. The highest BCUT2D eigenvalue weighted by molar-refractivity contribution is 8.42. The number of nitrogens with zero attached hydrogens (tertiary/aromatic N) is 3. The van der Waals surface area contributed by atoms with Crippen LogP contribution in [0.15, 0.2) is 39.9 Å². The third-order valence-corrected chi connectivity index (χ3v) is 5.72. The minimum atomic E-state index is -3.52. The van der Waals surface area contributed by atoms with Gasteiger partial charge in [-0.15, -0.1) is 5.10 Å². The van der Waals surface area contributed by atoms with Gasteiger partial charge in [0.25, 0.3) is 5.91 Å². The van der Waals surface area contributed by atoms with Gasteiger partial charge < -0.3 is 0 Å². The van der Waals surface area contributed by atoms with Gasteiger partial charge in [-0.3, -0.25) is 10.2 Å². The van der Waals surface area contributed by atoms with E-state index in [0.717, 1.165) is 34.2 Å². The van der Waals surface area contributed by atoms with Crippen molar-refractivity contribution in [1.82, 2.24) is 5.01 Å². The summed E-state index contributed by atoms with van der Waals surface area (Å²) in [5, 5.41) is 13.2. The number of carbonyl (C=O) groups excluding carboxylic acids is 1. The number of amidine groups is 2. The quantitative estimate of drug-likeness (QED) is 0.777. The summed E-state index contributed by atoms with van der Waals surface area (Å²) in [5.74, 6) is -0.772. The molecule has 0 spiro atoms. The third-order valence-electron chi connectivity index (χ3n) is 3.14. The van der Waals surface area contributed by atoms with Crippen LogP contribution in [-0.4, -0.2) is 41.0 Å². The molecule has 1 N–H and O–H groups in total. The molecule has 0 atom stereocenters. The first-order chi connectivity index (χ1) is 10.8. The smallest absolute Gasteiger partial charge is 0.282 e. The zero-order valence-electron chi connectivity index (χ0n) is 12.3. The van der Waals surface area contributed by atoms with Crippen LogP contribution in [0.5, 0.6) is 0 Å². The molecular formula is C14H12N4O3S2. The molecule has 2 aliphatic rings. The standard InChI is InChI=1S/C14H12N4O3S2/c1-8-3-5-9(6-4-8)7-10-11(15)18-13(16-12(10)19)22-14(17-18)23(2,20)21/h3-7,15H,1-2H3/b10-7+,15-11?. The average molecular weight is 348 g/mol. The summed E-state index contributed by atoms with van der Waals surface area (Å²) in [6, 6.07) is 7.44. The second-order valence-corrected chi connectivity index (χ2v) is 8.21. The summed E-state index contributed by atoms with van der Waals surface area (Å²) in [6.07, 6.45) is 2.56. The SMILES string of the molecule is Cc1ccc(/C=C2\C(=N)N3N=C(S(C)(=O)=O)SC3=NC2=O)cc1. The minimum absolute atomic E-state index is 0.0664. The van der Waals surface area contributed by atoms with Crippen LogP contribution in [0.1, 0.15) is 11.1 Å². The van der Waals surface area contributed by atoms with Crippen molar-refractivity contribution < 1.29 is 13.2 Å². The van der Waals surface area contributed by atoms with Gasteiger partial charge >= 0.3 is 0 Å². The Morgan fingerprint density at radius 2 is 1.91 bits per heavy atom. The van der Waals surface area contributed by atoms with E-state index in [1.54, 1.807) is 6.08 Å². The fourth-order valence-electron chi connectivity index (χ4n) is 1.95. The molecule has 3 rings (SSSR count). The lowest BCUT2D eigenvalue weighted by Crippen LogP contribution is -2.35. The maximum Gasteiger partial charge on any atom is 0.283 e. The number of hydrazone groups is 1. The molecule has 0 bridgehead atoms. The van der Waals surface area contributed by atoms with Gasteiger partial charge in [0.05, 0.1) is 5.57 Å². The fourth-order valence-corrected chi connectivity index (χ4v) is 3.64. The lowest BCUT2D eigenvalue weighted by atomic mass is 10.1. The van der Waals surface area contributed by atoms with E-state index in [1.165, 1.54) is 0 Å². The number of aliphatic imine (C=N–C) groups is 1. The van der Waals surface area contributed by atoms with Gasteiger partial charge in [-0.2, -0.15) is 10.0 Å². The molecule has 118 valence electrons. The van der Waals surface area contributed by atoms with Crippen LogP contribution in [0, 0.1) is 12.3 Å². The highest BCUT2D eigenvalue weighted by Gasteiger charge is 2.38. The van der Waals surface area contributed by atoms with Crippen molar-refractivity contribution in [2.45, 2.75) is 6.92 Å². The van der Waals surface area contributed by atoms with Crippen molar-refractivity contribution >= 4 is 49.0 Å². The van der Waals surface area contributed by atoms with Crippen LogP contribution in [-0.2, 0) is 14.6 Å². The number of carbonyl (C=O) groups is 1. The van der Waals surface area contributed by atoms with E-state index in [2.05, 4.69) is 10.1 Å². The molecule has 2 heterocycles. The predicted octanol–water partition coefficient (Wildman–Crippen LogP) is 1.62. The number of rotatable bonds is 1. The van der Waals surface area contributed by atoms with E-state index in [-0.39, 0.29) is 21.0 Å². The van der Waals surface area contributed by atoms with Crippen LogP contribution in [0.4, 0.5) is 0 Å². The van der Waals surface area contributed by atoms with Gasteiger partial charge in [0.2, 0.25) is 19.4 Å². The Morgan fingerprint density at radius 3 is 2.52 bits per heavy atom. The summed E-state index contributed by atoms with van der Waals surface area (Å²) in [7, 11) is -3.52. The van der Waals surface area contributed by atoms with Crippen LogP contribution < -0.4 is 0 Å². The Hall–Kier alpha value is -2.26. The zero-order chi connectivity index (χ0) is 16.8. The Labute approximate surface area is 137 Å². The van der Waals surface area contributed by atoms with Crippen molar-refractivity contribution in [2.75, 3.05) is 6.26 Å². The van der Waals surface area contributed by atoms with Crippen molar-refractivity contribution in [3.63, 3.8) is 0 Å². The molecule has 0 aliphatic carbocycles. The van der Waals surface area contributed by atoms with Crippen molar-refractivity contribution in [1.29, 1.82) is 5.41 Å². The molecule has 2 aliphatic heterocycles. The Kier molecular flexibility index (Phi) is 3.69. The second kappa shape index (κ2) is 5.43. The topological polar surface area (TPSA) is 103 Å². The Bertz CT molecular complexity index is 912. The number of hydrogen-bond acceptors (Lipinski definition) is 6. The number of fused-ring (bicyclic) bond motifs is 1. The van der Waals surface area contributed by atoms with Crippen LogP contribution in [0.2, 0.25) is 0 Å². The first-order valence-corrected chi connectivity index (χ1v) is 9.23. The van der Waals surface area contributed by atoms with Crippen LogP contribution in [0.3, 0.4) is 0 Å². The predicted molar refractivity (Wildman–Crippen MR) is 91.0 cm³/mol. The minimum Gasteiger partial charge on any atom is -0.282 e. The molecule has 1 aromatic carbocycles. The number of nitrogens with one attached hydrogen (secondary N) is 1. The molecule has 9 heteroatoms. The monoisotopic (exact) mass is 348 g/mol. The van der Waals surface area contributed by atoms with Gasteiger partial charge in [0.1, 0.15) is 0 Å². The van der Waals surface area contributed by atoms with E-state index in [1.807, 2.05) is 31.2 Å². The third kappa shape index (κ3) is 2.97. The Morgan fingerprint density at radius 1 is 1.26 bits per heavy atom. The molecule has 0 saturated heterocycles. The van der Waals surface area contributed by atoms with Gasteiger partial charge in [-0.05, 0) is 30.3 Å². The highest BCUT2D eigenvalue weighted by Crippen LogP contribution is 2.29. The lowest BCUT2D eigenvalue weighted by Gasteiger charge is -2.20. The summed E-state index contributed by atoms with van der Waals surface area (Å²) >= 11 is 0.768. The molecule has 0 radical (unpaired) electrons. The summed E-state index contributed by atoms with van der Waals surface area (Å²) in [6.45, 7) is 1.95. The van der Waals surface area contributed by atoms with E-state index in [0.29, 0.717) is 0 Å². The summed E-state index contributed by atoms with van der Waals surface area (Å²) in [4.78, 5) is 16.0. The molecule has 23 heavy (non-hydrogen) atoms. The highest BCUT2D eigenvalue weighted by atomic mass is 32.3. The lowest BCUT2D eigenvalue weighted by molar-refractivity contribution is -0.114. The number of amides is 1. The number of aryl methyl sites for hydroxylation is 1. The molecule has 0 aromatic heterocycles. The van der Waals surface area contributed by atoms with E-state index < -0.39 is 15.7 Å². The van der Waals surface area contributed by atoms with E-state index in [4.69, 9.17) is 5.41 Å².